The minimum absolute atomic E-state index is 0.967. The molecule has 2 aromatic carbocycles. The maximum atomic E-state index is 4.41. The lowest BCUT2D eigenvalue weighted by Gasteiger charge is -2.01. The number of fused-ring (bicyclic) bond motifs is 1. The first-order valence-corrected chi connectivity index (χ1v) is 7.22. The summed E-state index contributed by atoms with van der Waals surface area (Å²) in [6, 6.07) is 16.9. The van der Waals surface area contributed by atoms with Crippen molar-refractivity contribution in [3.05, 3.63) is 65.5 Å². The van der Waals surface area contributed by atoms with Crippen LogP contribution in [-0.2, 0) is 6.42 Å². The average Bonchev–Trinajstić information content (AvgIpc) is 2.80. The van der Waals surface area contributed by atoms with Crippen LogP contribution in [0.5, 0.6) is 0 Å². The quantitative estimate of drug-likeness (QED) is 0.703. The van der Waals surface area contributed by atoms with Gasteiger partial charge in [-0.05, 0) is 36.6 Å². The van der Waals surface area contributed by atoms with E-state index in [9.17, 15) is 0 Å². The summed E-state index contributed by atoms with van der Waals surface area (Å²) >= 11 is 0. The molecule has 104 valence electrons. The molecule has 0 spiro atoms. The van der Waals surface area contributed by atoms with Gasteiger partial charge in [0.1, 0.15) is 5.82 Å². The van der Waals surface area contributed by atoms with Gasteiger partial charge in [-0.25, -0.2) is 4.98 Å². The van der Waals surface area contributed by atoms with E-state index in [-0.39, 0.29) is 0 Å². The number of hydrogen-bond acceptors (Lipinski definition) is 1. The number of nitrogens with zero attached hydrogens (tertiary/aromatic N) is 1. The standard InChI is InChI=1S/C15H14N2.C3H8/c1-11-16-14-8-7-13(10-15(14)17-11)9-12-5-3-2-4-6-12;1-3-2/h2-8,10H,9H2,1H3,(H,16,17);3H2,1-2H3. The molecule has 3 aromatic rings. The first-order valence-electron chi connectivity index (χ1n) is 7.22. The van der Waals surface area contributed by atoms with Crippen LogP contribution in [0.4, 0.5) is 0 Å². The van der Waals surface area contributed by atoms with E-state index < -0.39 is 0 Å². The van der Waals surface area contributed by atoms with Crippen molar-refractivity contribution in [3.63, 3.8) is 0 Å². The van der Waals surface area contributed by atoms with E-state index in [2.05, 4.69) is 66.3 Å². The van der Waals surface area contributed by atoms with Crippen LogP contribution in [0.25, 0.3) is 11.0 Å². The van der Waals surface area contributed by atoms with Crippen LogP contribution in [0, 0.1) is 6.92 Å². The third kappa shape index (κ3) is 3.70. The Morgan fingerprint density at radius 3 is 2.35 bits per heavy atom. The highest BCUT2D eigenvalue weighted by Gasteiger charge is 2.01. The van der Waals surface area contributed by atoms with Gasteiger partial charge in [0.25, 0.3) is 0 Å². The van der Waals surface area contributed by atoms with Crippen LogP contribution < -0.4 is 0 Å². The summed E-state index contributed by atoms with van der Waals surface area (Å²) in [6.07, 6.45) is 2.22. The van der Waals surface area contributed by atoms with Gasteiger partial charge in [0.2, 0.25) is 0 Å². The van der Waals surface area contributed by atoms with Gasteiger partial charge in [0, 0.05) is 0 Å². The van der Waals surface area contributed by atoms with Crippen molar-refractivity contribution in [2.75, 3.05) is 0 Å². The number of hydrogen-bond donors (Lipinski definition) is 1. The summed E-state index contributed by atoms with van der Waals surface area (Å²) < 4.78 is 0. The number of H-pyrrole nitrogens is 1. The summed E-state index contributed by atoms with van der Waals surface area (Å²) in [5.74, 6) is 0.969. The molecule has 0 aliphatic carbocycles. The number of aryl methyl sites for hydroxylation is 1. The number of rotatable bonds is 2. The zero-order chi connectivity index (χ0) is 14.4. The molecule has 0 bridgehead atoms. The van der Waals surface area contributed by atoms with Gasteiger partial charge in [-0.1, -0.05) is 56.7 Å². The lowest BCUT2D eigenvalue weighted by atomic mass is 10.0. The monoisotopic (exact) mass is 266 g/mol. The Balaban J connectivity index is 0.000000452. The summed E-state index contributed by atoms with van der Waals surface area (Å²) in [7, 11) is 0. The predicted molar refractivity (Wildman–Crippen MR) is 86.0 cm³/mol. The molecule has 0 saturated heterocycles. The van der Waals surface area contributed by atoms with Crippen molar-refractivity contribution >= 4 is 11.0 Å². The minimum atomic E-state index is 0.967. The fourth-order valence-electron chi connectivity index (χ4n) is 2.13. The van der Waals surface area contributed by atoms with E-state index >= 15 is 0 Å². The molecule has 0 amide bonds. The van der Waals surface area contributed by atoms with E-state index in [0.29, 0.717) is 0 Å². The molecule has 0 fully saturated rings. The molecule has 0 aliphatic heterocycles. The summed E-state index contributed by atoms with van der Waals surface area (Å²) in [6.45, 7) is 6.23. The fraction of sp³-hybridized carbons (Fsp3) is 0.278. The number of aromatic nitrogens is 2. The van der Waals surface area contributed by atoms with E-state index in [1.54, 1.807) is 0 Å². The second kappa shape index (κ2) is 6.90. The largest absolute Gasteiger partial charge is 0.342 e. The van der Waals surface area contributed by atoms with Crippen molar-refractivity contribution < 1.29 is 0 Å². The maximum Gasteiger partial charge on any atom is 0.104 e. The van der Waals surface area contributed by atoms with Crippen LogP contribution >= 0.6 is 0 Å². The Morgan fingerprint density at radius 1 is 0.950 bits per heavy atom. The fourth-order valence-corrected chi connectivity index (χ4v) is 2.13. The summed E-state index contributed by atoms with van der Waals surface area (Å²) in [5.41, 5.74) is 4.81. The molecule has 1 N–H and O–H groups in total. The molecule has 20 heavy (non-hydrogen) atoms. The van der Waals surface area contributed by atoms with Crippen molar-refractivity contribution in [3.8, 4) is 0 Å². The van der Waals surface area contributed by atoms with Gasteiger partial charge in [-0.3, -0.25) is 0 Å². The van der Waals surface area contributed by atoms with E-state index in [4.69, 9.17) is 0 Å². The summed E-state index contributed by atoms with van der Waals surface area (Å²) in [4.78, 5) is 7.68. The maximum absolute atomic E-state index is 4.41. The Hall–Kier alpha value is -2.09. The highest BCUT2D eigenvalue weighted by atomic mass is 14.9. The Bertz CT molecular complexity index is 653. The molecule has 3 rings (SSSR count). The normalized spacial score (nSPS) is 10.2. The van der Waals surface area contributed by atoms with Crippen LogP contribution in [0.1, 0.15) is 37.2 Å². The molecule has 2 heteroatoms. The average molecular weight is 266 g/mol. The third-order valence-electron chi connectivity index (χ3n) is 2.92. The van der Waals surface area contributed by atoms with Crippen molar-refractivity contribution in [1.82, 2.24) is 9.97 Å². The second-order valence-corrected chi connectivity index (χ2v) is 5.04. The lowest BCUT2D eigenvalue weighted by molar-refractivity contribution is 1.09. The van der Waals surface area contributed by atoms with Gasteiger partial charge < -0.3 is 4.98 Å². The Kier molecular flexibility index (Phi) is 4.94. The molecule has 0 aliphatic rings. The number of aromatic amines is 1. The Morgan fingerprint density at radius 2 is 1.65 bits per heavy atom. The minimum Gasteiger partial charge on any atom is -0.342 e. The smallest absolute Gasteiger partial charge is 0.104 e. The van der Waals surface area contributed by atoms with Crippen LogP contribution in [-0.4, -0.2) is 9.97 Å². The first-order chi connectivity index (χ1) is 9.72. The number of nitrogens with one attached hydrogen (secondary N) is 1. The predicted octanol–water partition coefficient (Wildman–Crippen LogP) is 4.88. The second-order valence-electron chi connectivity index (χ2n) is 5.04. The van der Waals surface area contributed by atoms with E-state index in [1.165, 1.54) is 17.5 Å². The zero-order valence-corrected chi connectivity index (χ0v) is 12.5. The number of imidazole rings is 1. The van der Waals surface area contributed by atoms with Crippen LogP contribution in [0.15, 0.2) is 48.5 Å². The molecule has 0 radical (unpaired) electrons. The van der Waals surface area contributed by atoms with Gasteiger partial charge in [-0.15, -0.1) is 0 Å². The van der Waals surface area contributed by atoms with Crippen LogP contribution in [0.2, 0.25) is 0 Å². The zero-order valence-electron chi connectivity index (χ0n) is 12.5. The van der Waals surface area contributed by atoms with Crippen LogP contribution in [0.3, 0.4) is 0 Å². The molecule has 0 unspecified atom stereocenters. The summed E-state index contributed by atoms with van der Waals surface area (Å²) in [5, 5.41) is 0. The molecule has 1 aromatic heterocycles. The van der Waals surface area contributed by atoms with Crippen molar-refractivity contribution in [1.29, 1.82) is 0 Å². The highest BCUT2D eigenvalue weighted by molar-refractivity contribution is 5.75. The van der Waals surface area contributed by atoms with Gasteiger partial charge in [0.15, 0.2) is 0 Å². The van der Waals surface area contributed by atoms with E-state index in [0.717, 1.165) is 23.3 Å². The highest BCUT2D eigenvalue weighted by Crippen LogP contribution is 2.16. The first kappa shape index (κ1) is 14.3. The van der Waals surface area contributed by atoms with Gasteiger partial charge >= 0.3 is 0 Å². The third-order valence-corrected chi connectivity index (χ3v) is 2.92. The molecule has 2 nitrogen and oxygen atoms in total. The van der Waals surface area contributed by atoms with Crippen molar-refractivity contribution in [2.45, 2.75) is 33.6 Å². The molecular weight excluding hydrogens is 244 g/mol. The van der Waals surface area contributed by atoms with Gasteiger partial charge in [-0.2, -0.15) is 0 Å². The van der Waals surface area contributed by atoms with Gasteiger partial charge in [0.05, 0.1) is 11.0 Å². The Labute approximate surface area is 120 Å². The number of benzene rings is 2. The SMILES string of the molecule is CCC.Cc1nc2ccc(Cc3ccccc3)cc2[nH]1. The topological polar surface area (TPSA) is 28.7 Å². The molecule has 0 saturated carbocycles. The van der Waals surface area contributed by atoms with E-state index in [1.807, 2.05) is 13.0 Å². The molecular formula is C18H22N2. The lowest BCUT2D eigenvalue weighted by Crippen LogP contribution is -1.87. The molecule has 1 heterocycles. The molecule has 0 atom stereocenters. The van der Waals surface area contributed by atoms with Crippen molar-refractivity contribution in [2.24, 2.45) is 0 Å².